The number of halogens is 2. The van der Waals surface area contributed by atoms with Crippen molar-refractivity contribution < 1.29 is 0 Å². The fourth-order valence-corrected chi connectivity index (χ4v) is 2.79. The standard InChI is InChI=1S/C17H10BrClN2/c18-16-10-15(8-5-13(16)11-20)21-9-1-2-17(21)12-3-6-14(19)7-4-12/h1-10H. The van der Waals surface area contributed by atoms with Crippen LogP contribution >= 0.6 is 27.5 Å². The molecule has 0 saturated heterocycles. The summed E-state index contributed by atoms with van der Waals surface area (Å²) in [5.74, 6) is 0. The molecule has 0 fully saturated rings. The van der Waals surface area contributed by atoms with E-state index in [0.29, 0.717) is 5.56 Å². The number of hydrogen-bond donors (Lipinski definition) is 0. The van der Waals surface area contributed by atoms with Crippen LogP contribution < -0.4 is 0 Å². The Morgan fingerprint density at radius 2 is 1.81 bits per heavy atom. The fourth-order valence-electron chi connectivity index (χ4n) is 2.21. The molecule has 0 saturated carbocycles. The molecule has 21 heavy (non-hydrogen) atoms. The van der Waals surface area contributed by atoms with E-state index in [0.717, 1.165) is 26.4 Å². The van der Waals surface area contributed by atoms with Crippen LogP contribution in [0.4, 0.5) is 0 Å². The second-order valence-electron chi connectivity index (χ2n) is 4.55. The van der Waals surface area contributed by atoms with Gasteiger partial charge in [0, 0.05) is 21.4 Å². The summed E-state index contributed by atoms with van der Waals surface area (Å²) in [6.07, 6.45) is 2.00. The summed E-state index contributed by atoms with van der Waals surface area (Å²) in [7, 11) is 0. The lowest BCUT2D eigenvalue weighted by molar-refractivity contribution is 1.08. The third-order valence-electron chi connectivity index (χ3n) is 3.24. The Labute approximate surface area is 136 Å². The normalized spacial score (nSPS) is 10.3. The quantitative estimate of drug-likeness (QED) is 0.601. The highest BCUT2D eigenvalue weighted by Gasteiger charge is 2.08. The average molecular weight is 358 g/mol. The van der Waals surface area contributed by atoms with E-state index < -0.39 is 0 Å². The van der Waals surface area contributed by atoms with E-state index in [1.165, 1.54) is 0 Å². The zero-order valence-corrected chi connectivity index (χ0v) is 13.3. The predicted molar refractivity (Wildman–Crippen MR) is 88.6 cm³/mol. The van der Waals surface area contributed by atoms with Crippen molar-refractivity contribution in [3.05, 3.63) is 75.9 Å². The van der Waals surface area contributed by atoms with Gasteiger partial charge < -0.3 is 4.57 Å². The van der Waals surface area contributed by atoms with E-state index >= 15 is 0 Å². The largest absolute Gasteiger partial charge is 0.317 e. The van der Waals surface area contributed by atoms with Crippen LogP contribution in [0.15, 0.2) is 65.3 Å². The van der Waals surface area contributed by atoms with Gasteiger partial charge in [-0.05, 0) is 64.0 Å². The summed E-state index contributed by atoms with van der Waals surface area (Å²) in [5.41, 5.74) is 3.78. The number of nitriles is 1. The molecule has 0 spiro atoms. The van der Waals surface area contributed by atoms with Crippen LogP contribution in [0.2, 0.25) is 5.02 Å². The van der Waals surface area contributed by atoms with Gasteiger partial charge in [0.15, 0.2) is 0 Å². The monoisotopic (exact) mass is 356 g/mol. The van der Waals surface area contributed by atoms with Crippen LogP contribution in [0.25, 0.3) is 16.9 Å². The molecule has 0 atom stereocenters. The molecule has 0 bridgehead atoms. The van der Waals surface area contributed by atoms with E-state index in [1.54, 1.807) is 0 Å². The van der Waals surface area contributed by atoms with Crippen molar-refractivity contribution in [2.75, 3.05) is 0 Å². The Bertz CT molecular complexity index is 829. The minimum Gasteiger partial charge on any atom is -0.317 e. The van der Waals surface area contributed by atoms with Gasteiger partial charge in [0.05, 0.1) is 11.3 Å². The third kappa shape index (κ3) is 2.73. The molecule has 0 aliphatic heterocycles. The Kier molecular flexibility index (Phi) is 3.83. The molecule has 102 valence electrons. The van der Waals surface area contributed by atoms with Gasteiger partial charge in [-0.2, -0.15) is 5.26 Å². The molecule has 0 N–H and O–H groups in total. The highest BCUT2D eigenvalue weighted by molar-refractivity contribution is 9.10. The number of rotatable bonds is 2. The first-order valence-electron chi connectivity index (χ1n) is 6.32. The second-order valence-corrected chi connectivity index (χ2v) is 5.84. The molecule has 0 aliphatic rings. The van der Waals surface area contributed by atoms with Gasteiger partial charge in [-0.25, -0.2) is 0 Å². The topological polar surface area (TPSA) is 28.7 Å². The first kappa shape index (κ1) is 13.9. The SMILES string of the molecule is N#Cc1ccc(-n2cccc2-c2ccc(Cl)cc2)cc1Br. The van der Waals surface area contributed by atoms with Crippen LogP contribution in [0, 0.1) is 11.3 Å². The third-order valence-corrected chi connectivity index (χ3v) is 4.15. The van der Waals surface area contributed by atoms with Crippen molar-refractivity contribution in [1.82, 2.24) is 4.57 Å². The van der Waals surface area contributed by atoms with Crippen LogP contribution in [-0.2, 0) is 0 Å². The van der Waals surface area contributed by atoms with Gasteiger partial charge in [0.25, 0.3) is 0 Å². The number of benzene rings is 2. The Morgan fingerprint density at radius 1 is 1.05 bits per heavy atom. The lowest BCUT2D eigenvalue weighted by Gasteiger charge is -2.10. The highest BCUT2D eigenvalue weighted by atomic mass is 79.9. The minimum absolute atomic E-state index is 0.624. The first-order chi connectivity index (χ1) is 10.2. The van der Waals surface area contributed by atoms with E-state index in [1.807, 2.05) is 54.7 Å². The van der Waals surface area contributed by atoms with Crippen LogP contribution in [0.3, 0.4) is 0 Å². The minimum atomic E-state index is 0.624. The lowest BCUT2D eigenvalue weighted by atomic mass is 10.1. The molecule has 0 unspecified atom stereocenters. The number of nitrogens with zero attached hydrogens (tertiary/aromatic N) is 2. The summed E-state index contributed by atoms with van der Waals surface area (Å²) in [4.78, 5) is 0. The summed E-state index contributed by atoms with van der Waals surface area (Å²) in [5, 5.41) is 9.72. The van der Waals surface area contributed by atoms with Crippen molar-refractivity contribution in [2.45, 2.75) is 0 Å². The molecule has 4 heteroatoms. The molecule has 2 nitrogen and oxygen atoms in total. The van der Waals surface area contributed by atoms with Crippen molar-refractivity contribution in [2.24, 2.45) is 0 Å². The highest BCUT2D eigenvalue weighted by Crippen LogP contribution is 2.27. The van der Waals surface area contributed by atoms with Crippen molar-refractivity contribution in [3.63, 3.8) is 0 Å². The molecule has 0 radical (unpaired) electrons. The summed E-state index contributed by atoms with van der Waals surface area (Å²) in [6.45, 7) is 0. The molecule has 1 aromatic heterocycles. The van der Waals surface area contributed by atoms with Crippen molar-refractivity contribution in [3.8, 4) is 23.0 Å². The molecule has 3 aromatic rings. The van der Waals surface area contributed by atoms with Gasteiger partial charge >= 0.3 is 0 Å². The molecule has 0 aliphatic carbocycles. The maximum absolute atomic E-state index is 9.00. The van der Waals surface area contributed by atoms with Gasteiger partial charge in [-0.1, -0.05) is 23.7 Å². The smallest absolute Gasteiger partial charge is 0.100 e. The second kappa shape index (κ2) is 5.77. The molecule has 2 aromatic carbocycles. The average Bonchev–Trinajstić information content (AvgIpc) is 2.97. The van der Waals surface area contributed by atoms with Crippen molar-refractivity contribution >= 4 is 27.5 Å². The van der Waals surface area contributed by atoms with Gasteiger partial charge in [-0.3, -0.25) is 0 Å². The fraction of sp³-hybridized carbons (Fsp3) is 0. The molecular formula is C17H10BrClN2. The number of aromatic nitrogens is 1. The molecule has 1 heterocycles. The van der Waals surface area contributed by atoms with Crippen LogP contribution in [-0.4, -0.2) is 4.57 Å². The van der Waals surface area contributed by atoms with Crippen molar-refractivity contribution in [1.29, 1.82) is 5.26 Å². The van der Waals surface area contributed by atoms with Gasteiger partial charge in [0.1, 0.15) is 6.07 Å². The van der Waals surface area contributed by atoms with Crippen LogP contribution in [0.1, 0.15) is 5.56 Å². The van der Waals surface area contributed by atoms with Gasteiger partial charge in [-0.15, -0.1) is 0 Å². The van der Waals surface area contributed by atoms with E-state index in [-0.39, 0.29) is 0 Å². The maximum Gasteiger partial charge on any atom is 0.100 e. The maximum atomic E-state index is 9.00. The van der Waals surface area contributed by atoms with Gasteiger partial charge in [0.2, 0.25) is 0 Å². The van der Waals surface area contributed by atoms with E-state index in [9.17, 15) is 0 Å². The van der Waals surface area contributed by atoms with Crippen LogP contribution in [0.5, 0.6) is 0 Å². The molecular weight excluding hydrogens is 348 g/mol. The molecule has 3 rings (SSSR count). The Morgan fingerprint density at radius 3 is 2.48 bits per heavy atom. The zero-order chi connectivity index (χ0) is 14.8. The predicted octanol–water partition coefficient (Wildman–Crippen LogP) is 5.43. The summed E-state index contributed by atoms with van der Waals surface area (Å²) >= 11 is 9.37. The van der Waals surface area contributed by atoms with E-state index in [2.05, 4.69) is 32.6 Å². The summed E-state index contributed by atoms with van der Waals surface area (Å²) in [6, 6.07) is 19.6. The van der Waals surface area contributed by atoms with E-state index in [4.69, 9.17) is 16.9 Å². The zero-order valence-electron chi connectivity index (χ0n) is 10.9. The Balaban J connectivity index is 2.09. The Hall–Kier alpha value is -2.02. The first-order valence-corrected chi connectivity index (χ1v) is 7.49. The lowest BCUT2D eigenvalue weighted by Crippen LogP contribution is -1.95. The molecule has 0 amide bonds. The number of hydrogen-bond acceptors (Lipinski definition) is 1. The summed E-state index contributed by atoms with van der Waals surface area (Å²) < 4.78 is 2.87.